The fraction of sp³-hybridized carbons (Fsp3) is 0.417. The molecule has 2 aromatic rings. The molecule has 2 aromatic carbocycles. The van der Waals surface area contributed by atoms with Crippen LogP contribution in [-0.2, 0) is 14.8 Å². The number of rotatable bonds is 5. The maximum Gasteiger partial charge on any atom is 0.410 e. The molecule has 3 rings (SSSR count). The lowest BCUT2D eigenvalue weighted by atomic mass is 9.88. The van der Waals surface area contributed by atoms with Crippen LogP contribution in [-0.4, -0.2) is 43.8 Å². The number of hydrogen-bond donors (Lipinski definition) is 1. The monoisotopic (exact) mass is 457 g/mol. The lowest BCUT2D eigenvalue weighted by Crippen LogP contribution is -2.43. The van der Waals surface area contributed by atoms with Gasteiger partial charge in [0.25, 0.3) is 10.0 Å². The number of amides is 1. The first-order valence-electron chi connectivity index (χ1n) is 10.7. The van der Waals surface area contributed by atoms with E-state index in [0.29, 0.717) is 31.6 Å². The Morgan fingerprint density at radius 3 is 2.19 bits per heavy atom. The summed E-state index contributed by atoms with van der Waals surface area (Å²) in [6.07, 6.45) is 1.01. The zero-order valence-electron chi connectivity index (χ0n) is 19.0. The smallest absolute Gasteiger partial charge is 0.410 e. The number of nitrogens with zero attached hydrogens (tertiary/aromatic N) is 2. The van der Waals surface area contributed by atoms with Crippen LogP contribution in [0.4, 0.5) is 4.79 Å². The van der Waals surface area contributed by atoms with Crippen LogP contribution in [0, 0.1) is 12.8 Å². The first-order chi connectivity index (χ1) is 15.0. The zero-order valence-corrected chi connectivity index (χ0v) is 19.9. The molecule has 1 fully saturated rings. The number of benzene rings is 2. The largest absolute Gasteiger partial charge is 0.444 e. The summed E-state index contributed by atoms with van der Waals surface area (Å²) in [5, 5.41) is 4.36. The van der Waals surface area contributed by atoms with Crippen molar-refractivity contribution < 1.29 is 17.9 Å². The van der Waals surface area contributed by atoms with Gasteiger partial charge >= 0.3 is 6.09 Å². The molecular weight excluding hydrogens is 426 g/mol. The van der Waals surface area contributed by atoms with Gasteiger partial charge in [-0.15, -0.1) is 0 Å². The van der Waals surface area contributed by atoms with Gasteiger partial charge in [0.05, 0.1) is 10.6 Å². The van der Waals surface area contributed by atoms with Gasteiger partial charge < -0.3 is 9.64 Å². The van der Waals surface area contributed by atoms with Gasteiger partial charge in [-0.05, 0) is 58.2 Å². The SMILES string of the molecule is Cc1ccc(S(=O)(=O)N/N=C(\c2ccccc2)C2CCN(C(=O)OC(C)(C)C)CC2)cc1. The number of likely N-dealkylation sites (tertiary alicyclic amines) is 1. The minimum absolute atomic E-state index is 0.0109. The summed E-state index contributed by atoms with van der Waals surface area (Å²) in [4.78, 5) is 16.7. The number of carbonyl (C=O) groups excluding carboxylic acids is 1. The van der Waals surface area contributed by atoms with Crippen LogP contribution >= 0.6 is 0 Å². The minimum Gasteiger partial charge on any atom is -0.444 e. The van der Waals surface area contributed by atoms with E-state index in [-0.39, 0.29) is 16.9 Å². The van der Waals surface area contributed by atoms with Crippen LogP contribution in [0.2, 0.25) is 0 Å². The van der Waals surface area contributed by atoms with Gasteiger partial charge in [0.15, 0.2) is 0 Å². The average Bonchev–Trinajstić information content (AvgIpc) is 2.74. The Labute approximate surface area is 190 Å². The van der Waals surface area contributed by atoms with E-state index in [1.807, 2.05) is 58.0 Å². The number of piperidine rings is 1. The maximum absolute atomic E-state index is 12.7. The summed E-state index contributed by atoms with van der Waals surface area (Å²) in [5.74, 6) is 0.0109. The van der Waals surface area contributed by atoms with Crippen molar-refractivity contribution in [3.63, 3.8) is 0 Å². The molecule has 0 bridgehead atoms. The third-order valence-electron chi connectivity index (χ3n) is 5.22. The van der Waals surface area contributed by atoms with E-state index in [1.165, 1.54) is 0 Å². The second-order valence-electron chi connectivity index (χ2n) is 9.01. The first kappa shape index (κ1) is 23.8. The predicted octanol–water partition coefficient (Wildman–Crippen LogP) is 4.32. The number of hydrazone groups is 1. The van der Waals surface area contributed by atoms with Crippen molar-refractivity contribution >= 4 is 21.8 Å². The van der Waals surface area contributed by atoms with Crippen LogP contribution in [0.5, 0.6) is 0 Å². The summed E-state index contributed by atoms with van der Waals surface area (Å²) in [6.45, 7) is 8.49. The molecule has 8 heteroatoms. The molecular formula is C24H31N3O4S. The molecule has 1 amide bonds. The molecule has 0 atom stereocenters. The van der Waals surface area contributed by atoms with Crippen LogP contribution in [0.1, 0.15) is 44.7 Å². The first-order valence-corrected chi connectivity index (χ1v) is 12.2. The summed E-state index contributed by atoms with van der Waals surface area (Å²) in [7, 11) is -3.79. The van der Waals surface area contributed by atoms with E-state index >= 15 is 0 Å². The fourth-order valence-electron chi connectivity index (χ4n) is 3.54. The van der Waals surface area contributed by atoms with E-state index in [2.05, 4.69) is 9.93 Å². The zero-order chi connectivity index (χ0) is 23.4. The molecule has 0 spiro atoms. The second kappa shape index (κ2) is 9.73. The molecule has 1 saturated heterocycles. The molecule has 1 heterocycles. The maximum atomic E-state index is 12.7. The molecule has 1 N–H and O–H groups in total. The highest BCUT2D eigenvalue weighted by Gasteiger charge is 2.30. The van der Waals surface area contributed by atoms with Crippen LogP contribution in [0.3, 0.4) is 0 Å². The van der Waals surface area contributed by atoms with E-state index in [0.717, 1.165) is 11.1 Å². The van der Waals surface area contributed by atoms with Crippen molar-refractivity contribution in [1.82, 2.24) is 9.73 Å². The highest BCUT2D eigenvalue weighted by atomic mass is 32.2. The average molecular weight is 458 g/mol. The van der Waals surface area contributed by atoms with Gasteiger partial charge in [0, 0.05) is 19.0 Å². The van der Waals surface area contributed by atoms with Crippen molar-refractivity contribution in [2.75, 3.05) is 13.1 Å². The summed E-state index contributed by atoms with van der Waals surface area (Å²) < 4.78 is 31.0. The van der Waals surface area contributed by atoms with Gasteiger partial charge in [-0.25, -0.2) is 4.79 Å². The van der Waals surface area contributed by atoms with Gasteiger partial charge in [-0.1, -0.05) is 48.0 Å². The van der Waals surface area contributed by atoms with Crippen molar-refractivity contribution in [1.29, 1.82) is 0 Å². The third kappa shape index (κ3) is 6.32. The van der Waals surface area contributed by atoms with Crippen molar-refractivity contribution in [2.24, 2.45) is 11.0 Å². The molecule has 1 aliphatic heterocycles. The number of carbonyl (C=O) groups is 1. The van der Waals surface area contributed by atoms with Crippen LogP contribution in [0.15, 0.2) is 64.6 Å². The normalized spacial score (nSPS) is 16.0. The second-order valence-corrected chi connectivity index (χ2v) is 10.7. The highest BCUT2D eigenvalue weighted by molar-refractivity contribution is 7.89. The Kier molecular flexibility index (Phi) is 7.23. The van der Waals surface area contributed by atoms with E-state index in [4.69, 9.17) is 4.74 Å². The molecule has 32 heavy (non-hydrogen) atoms. The number of sulfonamides is 1. The van der Waals surface area contributed by atoms with Gasteiger partial charge in [-0.2, -0.15) is 18.4 Å². The standard InChI is InChI=1S/C24H31N3O4S/c1-18-10-12-21(13-11-18)32(29,30)26-25-22(19-8-6-5-7-9-19)20-14-16-27(17-15-20)23(28)31-24(2,3)4/h5-13,20,26H,14-17H2,1-4H3/b25-22+. The minimum atomic E-state index is -3.79. The quantitative estimate of drug-likeness (QED) is 0.535. The highest BCUT2D eigenvalue weighted by Crippen LogP contribution is 2.24. The lowest BCUT2D eigenvalue weighted by molar-refractivity contribution is 0.0202. The predicted molar refractivity (Wildman–Crippen MR) is 125 cm³/mol. The Hall–Kier alpha value is -2.87. The van der Waals surface area contributed by atoms with Crippen LogP contribution < -0.4 is 4.83 Å². The third-order valence-corrected chi connectivity index (χ3v) is 6.44. The van der Waals surface area contributed by atoms with Gasteiger partial charge in [-0.3, -0.25) is 0 Å². The van der Waals surface area contributed by atoms with Gasteiger partial charge in [0.2, 0.25) is 0 Å². The summed E-state index contributed by atoms with van der Waals surface area (Å²) in [6, 6.07) is 16.2. The van der Waals surface area contributed by atoms with Crippen molar-refractivity contribution in [3.8, 4) is 0 Å². The number of aryl methyl sites for hydroxylation is 1. The van der Waals surface area contributed by atoms with E-state index < -0.39 is 15.6 Å². The Morgan fingerprint density at radius 1 is 1.03 bits per heavy atom. The number of hydrogen-bond acceptors (Lipinski definition) is 5. The van der Waals surface area contributed by atoms with Crippen molar-refractivity contribution in [3.05, 3.63) is 65.7 Å². The van der Waals surface area contributed by atoms with E-state index in [9.17, 15) is 13.2 Å². The Bertz CT molecular complexity index is 1050. The Morgan fingerprint density at radius 2 is 1.62 bits per heavy atom. The molecule has 172 valence electrons. The molecule has 1 aliphatic rings. The Balaban J connectivity index is 1.78. The summed E-state index contributed by atoms with van der Waals surface area (Å²) in [5.41, 5.74) is 1.97. The van der Waals surface area contributed by atoms with Crippen molar-refractivity contribution in [2.45, 2.75) is 51.0 Å². The summed E-state index contributed by atoms with van der Waals surface area (Å²) >= 11 is 0. The van der Waals surface area contributed by atoms with Gasteiger partial charge in [0.1, 0.15) is 5.60 Å². The molecule has 0 aromatic heterocycles. The number of nitrogens with one attached hydrogen (secondary N) is 1. The topological polar surface area (TPSA) is 88.1 Å². The van der Waals surface area contributed by atoms with Crippen LogP contribution in [0.25, 0.3) is 0 Å². The molecule has 0 unspecified atom stereocenters. The van der Waals surface area contributed by atoms with E-state index in [1.54, 1.807) is 29.2 Å². The molecule has 7 nitrogen and oxygen atoms in total. The number of ether oxygens (including phenoxy) is 1. The molecule has 0 aliphatic carbocycles. The lowest BCUT2D eigenvalue weighted by Gasteiger charge is -2.34. The molecule has 0 saturated carbocycles. The fourth-order valence-corrected chi connectivity index (χ4v) is 4.36. The molecule has 0 radical (unpaired) electrons.